The molecule has 0 N–H and O–H groups in total. The van der Waals surface area contributed by atoms with Crippen LogP contribution in [0, 0.1) is 20.7 Å². The van der Waals surface area contributed by atoms with E-state index in [1.807, 2.05) is 19.1 Å². The maximum Gasteiger partial charge on any atom is 0.0280 e. The van der Waals surface area contributed by atoms with Gasteiger partial charge in [-0.05, 0) is 77.8 Å². The van der Waals surface area contributed by atoms with Crippen molar-refractivity contribution in [3.8, 4) is 11.1 Å². The van der Waals surface area contributed by atoms with Crippen LogP contribution in [0.4, 0.5) is 0 Å². The first-order chi connectivity index (χ1) is 12.7. The number of rotatable bonds is 5. The molecule has 0 saturated heterocycles. The molecule has 0 bridgehead atoms. The molecule has 2 rings (SSSR count). The summed E-state index contributed by atoms with van der Waals surface area (Å²) >= 11 is 0. The summed E-state index contributed by atoms with van der Waals surface area (Å²) in [4.78, 5) is 0. The molecule has 136 valence electrons. The monoisotopic (exact) mass is 339 g/mol. The van der Waals surface area contributed by atoms with Gasteiger partial charge in [0, 0.05) is 4.11 Å². The Hall–Kier alpha value is -1.56. The number of benzene rings is 2. The third-order valence-corrected chi connectivity index (χ3v) is 6.11. The van der Waals surface area contributed by atoms with E-state index in [2.05, 4.69) is 60.6 Å². The predicted octanol–water partition coefficient (Wildman–Crippen LogP) is 7.65. The fourth-order valence-corrected chi connectivity index (χ4v) is 3.46. The van der Waals surface area contributed by atoms with E-state index in [4.69, 9.17) is 4.11 Å². The van der Waals surface area contributed by atoms with Gasteiger partial charge in [0.25, 0.3) is 0 Å². The first-order valence-electron chi connectivity index (χ1n) is 11.0. The highest BCUT2D eigenvalue weighted by atomic mass is 14.3. The second kappa shape index (κ2) is 6.98. The summed E-state index contributed by atoms with van der Waals surface area (Å²) in [7, 11) is 0. The first-order valence-corrected chi connectivity index (χ1v) is 9.51. The molecule has 25 heavy (non-hydrogen) atoms. The van der Waals surface area contributed by atoms with Crippen molar-refractivity contribution in [3.63, 3.8) is 0 Å². The summed E-state index contributed by atoms with van der Waals surface area (Å²) < 4.78 is 23.0. The minimum absolute atomic E-state index is 0.0801. The van der Waals surface area contributed by atoms with Gasteiger partial charge in [-0.15, -0.1) is 0 Å². The number of hydrogen-bond acceptors (Lipinski definition) is 0. The molecule has 0 amide bonds. The molecule has 0 aromatic heterocycles. The smallest absolute Gasteiger partial charge is 0.0280 e. The summed E-state index contributed by atoms with van der Waals surface area (Å²) in [5.74, 6) is 0. The lowest BCUT2D eigenvalue weighted by Crippen LogP contribution is -2.26. The van der Waals surface area contributed by atoms with Crippen molar-refractivity contribution in [3.05, 3.63) is 58.1 Å². The molecule has 0 saturated carbocycles. The van der Waals surface area contributed by atoms with Crippen LogP contribution in [0.15, 0.2) is 30.3 Å². The van der Waals surface area contributed by atoms with E-state index in [1.54, 1.807) is 6.07 Å². The topological polar surface area (TPSA) is 0 Å². The molecule has 0 heterocycles. The Bertz CT molecular complexity index is 855. The van der Waals surface area contributed by atoms with Crippen molar-refractivity contribution in [2.24, 2.45) is 0 Å². The summed E-state index contributed by atoms with van der Waals surface area (Å²) in [6.45, 7) is 15.9. The van der Waals surface area contributed by atoms with Gasteiger partial charge in [-0.2, -0.15) is 0 Å². The van der Waals surface area contributed by atoms with Crippen LogP contribution in [-0.4, -0.2) is 0 Å². The van der Waals surface area contributed by atoms with E-state index in [0.29, 0.717) is 5.56 Å². The fraction of sp³-hybridized carbons (Fsp3) is 0.520. The zero-order chi connectivity index (χ0) is 21.5. The van der Waals surface area contributed by atoms with Crippen molar-refractivity contribution in [1.82, 2.24) is 0 Å². The maximum absolute atomic E-state index is 7.68. The van der Waals surface area contributed by atoms with Gasteiger partial charge < -0.3 is 0 Å². The minimum atomic E-state index is -2.07. The number of hydrogen-bond donors (Lipinski definition) is 0. The molecular formula is C25H36. The van der Waals surface area contributed by atoms with Crippen LogP contribution in [0.3, 0.4) is 0 Å². The Balaban J connectivity index is 2.76. The second-order valence-electron chi connectivity index (χ2n) is 8.72. The quantitative estimate of drug-likeness (QED) is 0.524. The molecule has 0 spiro atoms. The Morgan fingerprint density at radius 2 is 1.28 bits per heavy atom. The fourth-order valence-electron chi connectivity index (χ4n) is 3.46. The Kier molecular flexibility index (Phi) is 4.38. The van der Waals surface area contributed by atoms with Crippen LogP contribution in [0.25, 0.3) is 11.1 Å². The van der Waals surface area contributed by atoms with Gasteiger partial charge in [0.05, 0.1) is 0 Å². The third-order valence-electron chi connectivity index (χ3n) is 6.11. The Labute approximate surface area is 159 Å². The third kappa shape index (κ3) is 3.84. The van der Waals surface area contributed by atoms with Crippen molar-refractivity contribution in [2.45, 2.75) is 85.9 Å². The van der Waals surface area contributed by atoms with E-state index >= 15 is 0 Å². The molecule has 0 fully saturated rings. The molecule has 0 aliphatic carbocycles. The van der Waals surface area contributed by atoms with Crippen LogP contribution in [0.2, 0.25) is 0 Å². The molecule has 0 atom stereocenters. The summed E-state index contributed by atoms with van der Waals surface area (Å²) in [6, 6.07) is 10.3. The SMILES string of the molecule is [2H]C([2H])([2H])c1ccc(-c2cc(C(C)(C)CC)c(C(C)(C)CC)cc2C)c(C)c1. The largest absolute Gasteiger partial charge is 0.0646 e. The van der Waals surface area contributed by atoms with E-state index in [0.717, 1.165) is 24.0 Å². The molecule has 0 radical (unpaired) electrons. The van der Waals surface area contributed by atoms with Crippen LogP contribution in [0.1, 0.15) is 86.3 Å². The van der Waals surface area contributed by atoms with Crippen LogP contribution in [0.5, 0.6) is 0 Å². The van der Waals surface area contributed by atoms with E-state index in [-0.39, 0.29) is 10.8 Å². The molecule has 2 aromatic carbocycles. The zero-order valence-electron chi connectivity index (χ0n) is 20.3. The van der Waals surface area contributed by atoms with Crippen molar-refractivity contribution < 1.29 is 4.11 Å². The van der Waals surface area contributed by atoms with Gasteiger partial charge in [0.1, 0.15) is 0 Å². The van der Waals surface area contributed by atoms with Crippen molar-refractivity contribution in [1.29, 1.82) is 0 Å². The van der Waals surface area contributed by atoms with E-state index in [9.17, 15) is 0 Å². The second-order valence-corrected chi connectivity index (χ2v) is 8.72. The molecule has 0 unspecified atom stereocenters. The van der Waals surface area contributed by atoms with Crippen LogP contribution >= 0.6 is 0 Å². The molecule has 0 aliphatic heterocycles. The normalized spacial score (nSPS) is 14.8. The van der Waals surface area contributed by atoms with Crippen LogP contribution in [-0.2, 0) is 10.8 Å². The van der Waals surface area contributed by atoms with E-state index in [1.165, 1.54) is 22.3 Å². The van der Waals surface area contributed by atoms with Gasteiger partial charge in [0.2, 0.25) is 0 Å². The lowest BCUT2D eigenvalue weighted by Gasteiger charge is -2.35. The highest BCUT2D eigenvalue weighted by Crippen LogP contribution is 2.41. The summed E-state index contributed by atoms with van der Waals surface area (Å²) in [6.07, 6.45) is 2.16. The van der Waals surface area contributed by atoms with Crippen molar-refractivity contribution in [2.75, 3.05) is 0 Å². The average Bonchev–Trinajstić information content (AvgIpc) is 2.60. The lowest BCUT2D eigenvalue weighted by molar-refractivity contribution is 0.455. The lowest BCUT2D eigenvalue weighted by atomic mass is 9.70. The van der Waals surface area contributed by atoms with Gasteiger partial charge in [-0.3, -0.25) is 0 Å². The van der Waals surface area contributed by atoms with Gasteiger partial charge in [-0.1, -0.05) is 77.4 Å². The molecule has 2 aromatic rings. The van der Waals surface area contributed by atoms with Gasteiger partial charge in [-0.25, -0.2) is 0 Å². The highest BCUT2D eigenvalue weighted by molar-refractivity contribution is 5.73. The maximum atomic E-state index is 7.68. The van der Waals surface area contributed by atoms with E-state index < -0.39 is 6.85 Å². The molecular weight excluding hydrogens is 300 g/mol. The van der Waals surface area contributed by atoms with Gasteiger partial charge >= 0.3 is 0 Å². The van der Waals surface area contributed by atoms with Gasteiger partial charge in [0.15, 0.2) is 0 Å². The zero-order valence-corrected chi connectivity index (χ0v) is 17.3. The summed E-state index contributed by atoms with van der Waals surface area (Å²) in [5, 5.41) is 0. The van der Waals surface area contributed by atoms with Crippen molar-refractivity contribution >= 4 is 0 Å². The first kappa shape index (κ1) is 15.7. The summed E-state index contributed by atoms with van der Waals surface area (Å²) in [5.41, 5.74) is 8.03. The molecule has 0 aliphatic rings. The van der Waals surface area contributed by atoms with Crippen LogP contribution < -0.4 is 0 Å². The predicted molar refractivity (Wildman–Crippen MR) is 113 cm³/mol. The standard InChI is InChI=1S/C25H36/c1-10-24(6,7)22-15-19(5)21(16-23(22)25(8,9)11-2)20-13-12-17(3)14-18(20)4/h12-16H,10-11H2,1-9H3/i3D3. The Morgan fingerprint density at radius 3 is 1.76 bits per heavy atom. The molecule has 0 heteroatoms. The average molecular weight is 340 g/mol. The molecule has 0 nitrogen and oxygen atoms in total. The minimum Gasteiger partial charge on any atom is -0.0646 e. The number of aryl methyl sites for hydroxylation is 3. The highest BCUT2D eigenvalue weighted by Gasteiger charge is 2.30. The Morgan fingerprint density at radius 1 is 0.760 bits per heavy atom.